The topological polar surface area (TPSA) is 46.3 Å². The molecule has 0 radical (unpaired) electrons. The van der Waals surface area contributed by atoms with Crippen LogP contribution < -0.4 is 0 Å². The molecule has 3 heteroatoms. The van der Waals surface area contributed by atoms with Crippen LogP contribution in [0.25, 0.3) is 22.0 Å². The summed E-state index contributed by atoms with van der Waals surface area (Å²) in [5.74, 6) is 1.08. The average molecular weight is 213 g/mol. The monoisotopic (exact) mass is 213 g/mol. The molecule has 0 saturated carbocycles. The van der Waals surface area contributed by atoms with E-state index in [-0.39, 0.29) is 5.75 Å². The summed E-state index contributed by atoms with van der Waals surface area (Å²) >= 11 is 0. The van der Waals surface area contributed by atoms with Gasteiger partial charge in [0, 0.05) is 16.8 Å². The van der Waals surface area contributed by atoms with Crippen molar-refractivity contribution in [1.29, 1.82) is 0 Å². The standard InChI is InChI=1S/C13H11NO2/c1-7-5-11-8(2)10-4-3-9(15)6-12(10)14-13(11)16-7/h3-6,15H,1-2H3. The number of aryl methyl sites for hydroxylation is 2. The number of phenolic OH excluding ortho intramolecular Hbond substituents is 1. The van der Waals surface area contributed by atoms with Crippen molar-refractivity contribution in [2.45, 2.75) is 13.8 Å². The highest BCUT2D eigenvalue weighted by atomic mass is 16.3. The number of fused-ring (bicyclic) bond motifs is 2. The summed E-state index contributed by atoms with van der Waals surface area (Å²) in [6, 6.07) is 7.20. The molecule has 0 bridgehead atoms. The zero-order valence-electron chi connectivity index (χ0n) is 9.11. The third-order valence-electron chi connectivity index (χ3n) is 2.85. The minimum atomic E-state index is 0.224. The molecule has 2 aromatic heterocycles. The molecular weight excluding hydrogens is 202 g/mol. The molecule has 16 heavy (non-hydrogen) atoms. The van der Waals surface area contributed by atoms with Gasteiger partial charge in [0.15, 0.2) is 0 Å². The van der Waals surface area contributed by atoms with E-state index < -0.39 is 0 Å². The second-order valence-electron chi connectivity index (χ2n) is 4.01. The molecule has 0 spiro atoms. The van der Waals surface area contributed by atoms with Crippen LogP contribution in [0.3, 0.4) is 0 Å². The summed E-state index contributed by atoms with van der Waals surface area (Å²) < 4.78 is 5.50. The number of pyridine rings is 1. The number of hydrogen-bond donors (Lipinski definition) is 1. The summed E-state index contributed by atoms with van der Waals surface area (Å²) in [5.41, 5.74) is 2.53. The lowest BCUT2D eigenvalue weighted by atomic mass is 10.1. The first-order chi connectivity index (χ1) is 7.65. The zero-order chi connectivity index (χ0) is 11.3. The van der Waals surface area contributed by atoms with Gasteiger partial charge in [-0.15, -0.1) is 0 Å². The summed E-state index contributed by atoms with van der Waals surface area (Å²) in [7, 11) is 0. The maximum atomic E-state index is 9.43. The quantitative estimate of drug-likeness (QED) is 0.623. The summed E-state index contributed by atoms with van der Waals surface area (Å²) in [6.45, 7) is 3.95. The molecule has 80 valence electrons. The first kappa shape index (κ1) is 9.21. The van der Waals surface area contributed by atoms with Gasteiger partial charge in [-0.1, -0.05) is 0 Å². The van der Waals surface area contributed by atoms with E-state index in [0.717, 1.165) is 27.6 Å². The Labute approximate surface area is 92.3 Å². The molecule has 3 nitrogen and oxygen atoms in total. The third-order valence-corrected chi connectivity index (χ3v) is 2.85. The lowest BCUT2D eigenvalue weighted by Crippen LogP contribution is -1.84. The van der Waals surface area contributed by atoms with Gasteiger partial charge in [-0.3, -0.25) is 0 Å². The molecule has 0 aliphatic carbocycles. The van der Waals surface area contributed by atoms with Crippen molar-refractivity contribution in [3.8, 4) is 5.75 Å². The fourth-order valence-electron chi connectivity index (χ4n) is 2.04. The number of rotatable bonds is 0. The molecule has 3 aromatic rings. The lowest BCUT2D eigenvalue weighted by molar-refractivity contribution is 0.476. The number of aromatic nitrogens is 1. The second-order valence-corrected chi connectivity index (χ2v) is 4.01. The first-order valence-corrected chi connectivity index (χ1v) is 5.14. The Kier molecular flexibility index (Phi) is 1.72. The van der Waals surface area contributed by atoms with Crippen molar-refractivity contribution < 1.29 is 9.52 Å². The molecule has 2 heterocycles. The van der Waals surface area contributed by atoms with E-state index in [9.17, 15) is 5.11 Å². The normalized spacial score (nSPS) is 11.4. The van der Waals surface area contributed by atoms with Gasteiger partial charge in [0.2, 0.25) is 5.71 Å². The van der Waals surface area contributed by atoms with Crippen LogP contribution in [0.4, 0.5) is 0 Å². The van der Waals surface area contributed by atoms with Crippen molar-refractivity contribution >= 4 is 22.0 Å². The van der Waals surface area contributed by atoms with Gasteiger partial charge in [0.05, 0.1) is 5.52 Å². The number of aromatic hydroxyl groups is 1. The predicted molar refractivity (Wildman–Crippen MR) is 62.7 cm³/mol. The van der Waals surface area contributed by atoms with E-state index in [1.54, 1.807) is 12.1 Å². The SMILES string of the molecule is Cc1cc2c(C)c3ccc(O)cc3nc2o1. The molecule has 1 aromatic carbocycles. The van der Waals surface area contributed by atoms with Gasteiger partial charge in [-0.05, 0) is 37.6 Å². The lowest BCUT2D eigenvalue weighted by Gasteiger charge is -2.02. The molecule has 3 rings (SSSR count). The van der Waals surface area contributed by atoms with Crippen LogP contribution in [0.1, 0.15) is 11.3 Å². The molecule has 0 unspecified atom stereocenters. The van der Waals surface area contributed by atoms with Crippen molar-refractivity contribution in [1.82, 2.24) is 4.98 Å². The molecule has 0 aliphatic heterocycles. The Morgan fingerprint density at radius 1 is 1.12 bits per heavy atom. The smallest absolute Gasteiger partial charge is 0.227 e. The van der Waals surface area contributed by atoms with Crippen LogP contribution in [0.5, 0.6) is 5.75 Å². The van der Waals surface area contributed by atoms with Crippen LogP contribution in [0.15, 0.2) is 28.7 Å². The summed E-state index contributed by atoms with van der Waals surface area (Å²) in [6.07, 6.45) is 0. The number of nitrogens with zero attached hydrogens (tertiary/aromatic N) is 1. The fourth-order valence-corrected chi connectivity index (χ4v) is 2.04. The number of hydrogen-bond acceptors (Lipinski definition) is 3. The second kappa shape index (κ2) is 2.98. The highest BCUT2D eigenvalue weighted by Gasteiger charge is 2.09. The third kappa shape index (κ3) is 1.18. The Morgan fingerprint density at radius 3 is 2.75 bits per heavy atom. The van der Waals surface area contributed by atoms with Crippen molar-refractivity contribution in [3.05, 3.63) is 35.6 Å². The van der Waals surface area contributed by atoms with Gasteiger partial charge < -0.3 is 9.52 Å². The molecule has 1 N–H and O–H groups in total. The Morgan fingerprint density at radius 2 is 1.94 bits per heavy atom. The van der Waals surface area contributed by atoms with E-state index >= 15 is 0 Å². The van der Waals surface area contributed by atoms with Gasteiger partial charge in [0.1, 0.15) is 11.5 Å². The summed E-state index contributed by atoms with van der Waals surface area (Å²) in [5, 5.41) is 11.5. The molecule has 0 fully saturated rings. The van der Waals surface area contributed by atoms with E-state index in [4.69, 9.17) is 4.42 Å². The van der Waals surface area contributed by atoms with Crippen LogP contribution in [0.2, 0.25) is 0 Å². The largest absolute Gasteiger partial charge is 0.508 e. The van der Waals surface area contributed by atoms with E-state index in [1.807, 2.05) is 26.0 Å². The molecule has 0 aliphatic rings. The minimum absolute atomic E-state index is 0.224. The van der Waals surface area contributed by atoms with E-state index in [2.05, 4.69) is 4.98 Å². The first-order valence-electron chi connectivity index (χ1n) is 5.14. The molecular formula is C13H11NO2. The summed E-state index contributed by atoms with van der Waals surface area (Å²) in [4.78, 5) is 4.39. The molecule has 0 atom stereocenters. The minimum Gasteiger partial charge on any atom is -0.508 e. The van der Waals surface area contributed by atoms with Crippen molar-refractivity contribution in [3.63, 3.8) is 0 Å². The van der Waals surface area contributed by atoms with Crippen LogP contribution >= 0.6 is 0 Å². The van der Waals surface area contributed by atoms with E-state index in [0.29, 0.717) is 5.71 Å². The Hall–Kier alpha value is -2.03. The number of benzene rings is 1. The fraction of sp³-hybridized carbons (Fsp3) is 0.154. The van der Waals surface area contributed by atoms with Crippen LogP contribution in [-0.2, 0) is 0 Å². The number of furan rings is 1. The maximum Gasteiger partial charge on any atom is 0.227 e. The van der Waals surface area contributed by atoms with Crippen molar-refractivity contribution in [2.75, 3.05) is 0 Å². The van der Waals surface area contributed by atoms with Gasteiger partial charge in [-0.2, -0.15) is 0 Å². The number of phenols is 1. The Balaban J connectivity index is 2.54. The van der Waals surface area contributed by atoms with Crippen LogP contribution in [-0.4, -0.2) is 10.1 Å². The van der Waals surface area contributed by atoms with Gasteiger partial charge in [0.25, 0.3) is 0 Å². The average Bonchev–Trinajstić information content (AvgIpc) is 2.59. The predicted octanol–water partition coefficient (Wildman–Crippen LogP) is 3.30. The molecule has 0 amide bonds. The maximum absolute atomic E-state index is 9.43. The van der Waals surface area contributed by atoms with Crippen LogP contribution in [0, 0.1) is 13.8 Å². The zero-order valence-corrected chi connectivity index (χ0v) is 9.11. The Bertz CT molecular complexity index is 698. The highest BCUT2D eigenvalue weighted by molar-refractivity contribution is 5.95. The van der Waals surface area contributed by atoms with Gasteiger partial charge >= 0.3 is 0 Å². The van der Waals surface area contributed by atoms with Gasteiger partial charge in [-0.25, -0.2) is 4.98 Å². The van der Waals surface area contributed by atoms with Crippen molar-refractivity contribution in [2.24, 2.45) is 0 Å². The highest BCUT2D eigenvalue weighted by Crippen LogP contribution is 2.29. The van der Waals surface area contributed by atoms with E-state index in [1.165, 1.54) is 0 Å². The molecule has 0 saturated heterocycles.